The first kappa shape index (κ1) is 53.5. The number of nitrogens with zero attached hydrogens (tertiary/aromatic N) is 1. The maximum atomic E-state index is 2.61. The van der Waals surface area contributed by atoms with Crippen molar-refractivity contribution in [1.82, 2.24) is 0 Å². The fourth-order valence-electron chi connectivity index (χ4n) is 12.5. The van der Waals surface area contributed by atoms with E-state index >= 15 is 0 Å². The molecule has 0 spiro atoms. The summed E-state index contributed by atoms with van der Waals surface area (Å²) >= 11 is 0. The predicted octanol–water partition coefficient (Wildman–Crippen LogP) is 13.7. The monoisotopic (exact) mass is 1020 g/mol. The second-order valence-corrected chi connectivity index (χ2v) is 26.2. The molecule has 10 rings (SSSR count). The molecule has 0 unspecified atom stereocenters. The lowest BCUT2D eigenvalue weighted by Crippen LogP contribution is -2.76. The Kier molecular flexibility index (Phi) is 15.7. The van der Waals surface area contributed by atoms with Crippen molar-refractivity contribution < 1.29 is 0 Å². The Hall–Kier alpha value is -6.87. The number of fused-ring (bicyclic) bond motifs is 2. The van der Waals surface area contributed by atoms with Crippen molar-refractivity contribution in [3.05, 3.63) is 239 Å². The van der Waals surface area contributed by atoms with Crippen molar-refractivity contribution in [2.75, 3.05) is 4.90 Å². The van der Waals surface area contributed by atoms with Gasteiger partial charge in [0.1, 0.15) is 0 Å². The number of rotatable bonds is 15. The van der Waals surface area contributed by atoms with Crippen LogP contribution in [0.4, 0.5) is 17.1 Å². The first-order chi connectivity index (χ1) is 37.1. The molecule has 0 aliphatic carbocycles. The van der Waals surface area contributed by atoms with Crippen molar-refractivity contribution in [2.24, 2.45) is 0 Å². The van der Waals surface area contributed by atoms with E-state index in [2.05, 4.69) is 295 Å². The average molecular weight is 1020 g/mol. The van der Waals surface area contributed by atoms with Crippen LogP contribution in [-0.2, 0) is 0 Å². The first-order valence-electron chi connectivity index (χ1n) is 28.7. The maximum Gasteiger partial charge on any atom is 0.240 e. The van der Waals surface area contributed by atoms with Gasteiger partial charge < -0.3 is 4.90 Å². The van der Waals surface area contributed by atoms with E-state index in [-0.39, 0.29) is 13.4 Å². The minimum absolute atomic E-state index is 0.0610. The standard InChI is InChI=1S/C73H78B2NSi/c1-47(2)56-42-61(49(5)6)72(62(43-56)50(7)8)74-65-31-21-22-32-66(65)75(73-63(51(9)10)44-57(48(3)4)45-64(73)52(11)12)68-46-55(38-41-67(68)74)54-36-39-58(40-37-54)76(69-33-23-20-26-53(69)13)70-34-24-25-35-71(70)77(59-27-16-14-17-28-59)60-29-18-15-19-30-60/h14-52H,1-13H3. The van der Waals surface area contributed by atoms with Crippen molar-refractivity contribution >= 4 is 87.6 Å². The van der Waals surface area contributed by atoms with E-state index < -0.39 is 8.80 Å². The van der Waals surface area contributed by atoms with Crippen molar-refractivity contribution in [3.8, 4) is 11.1 Å². The molecule has 0 saturated heterocycles. The van der Waals surface area contributed by atoms with Crippen LogP contribution in [0.2, 0.25) is 0 Å². The molecule has 0 fully saturated rings. The van der Waals surface area contributed by atoms with Crippen molar-refractivity contribution in [2.45, 2.75) is 126 Å². The summed E-state index contributed by atoms with van der Waals surface area (Å²) < 4.78 is 0. The number of para-hydroxylation sites is 2. The molecule has 9 aromatic carbocycles. The number of aryl methyl sites for hydroxylation is 1. The molecule has 0 atom stereocenters. The zero-order valence-corrected chi connectivity index (χ0v) is 49.1. The predicted molar refractivity (Wildman–Crippen MR) is 342 cm³/mol. The molecule has 1 aliphatic heterocycles. The van der Waals surface area contributed by atoms with Crippen LogP contribution in [0.3, 0.4) is 0 Å². The van der Waals surface area contributed by atoms with E-state index in [0.717, 1.165) is 5.69 Å². The molecular weight excluding hydrogens is 941 g/mol. The van der Waals surface area contributed by atoms with Gasteiger partial charge >= 0.3 is 0 Å². The quantitative estimate of drug-likeness (QED) is 0.0731. The molecule has 385 valence electrons. The summed E-state index contributed by atoms with van der Waals surface area (Å²) in [5, 5.41) is 4.11. The molecule has 1 radical (unpaired) electrons. The molecule has 1 aliphatic rings. The van der Waals surface area contributed by atoms with Gasteiger partial charge in [-0.15, -0.1) is 0 Å². The van der Waals surface area contributed by atoms with Crippen LogP contribution in [0.1, 0.15) is 158 Å². The summed E-state index contributed by atoms with van der Waals surface area (Å²) in [6.07, 6.45) is 0. The lowest BCUT2D eigenvalue weighted by atomic mass is 9.20. The van der Waals surface area contributed by atoms with Gasteiger partial charge in [0, 0.05) is 17.1 Å². The smallest absolute Gasteiger partial charge is 0.240 e. The van der Waals surface area contributed by atoms with Gasteiger partial charge in [-0.25, -0.2) is 0 Å². The molecule has 9 aromatic rings. The maximum absolute atomic E-state index is 2.61. The fraction of sp³-hybridized carbons (Fsp3) is 0.260. The minimum atomic E-state index is -1.40. The summed E-state index contributed by atoms with van der Waals surface area (Å²) in [7, 11) is -1.40. The van der Waals surface area contributed by atoms with E-state index in [1.54, 1.807) is 0 Å². The van der Waals surface area contributed by atoms with E-state index in [1.165, 1.54) is 110 Å². The van der Waals surface area contributed by atoms with Gasteiger partial charge in [-0.05, 0) is 122 Å². The zero-order valence-electron chi connectivity index (χ0n) is 48.1. The molecule has 0 saturated carbocycles. The van der Waals surface area contributed by atoms with Gasteiger partial charge in [0.05, 0.1) is 0 Å². The van der Waals surface area contributed by atoms with Gasteiger partial charge in [0.2, 0.25) is 13.4 Å². The second-order valence-electron chi connectivity index (χ2n) is 23.8. The molecule has 0 amide bonds. The van der Waals surface area contributed by atoms with Gasteiger partial charge in [-0.1, -0.05) is 302 Å². The average Bonchev–Trinajstić information content (AvgIpc) is 3.48. The third-order valence-corrected chi connectivity index (χ3v) is 19.4. The minimum Gasteiger partial charge on any atom is -0.310 e. The normalized spacial score (nSPS) is 12.5. The van der Waals surface area contributed by atoms with Crippen LogP contribution in [0.5, 0.6) is 0 Å². The van der Waals surface area contributed by atoms with Crippen LogP contribution in [-0.4, -0.2) is 22.2 Å². The van der Waals surface area contributed by atoms with Crippen LogP contribution in [0.15, 0.2) is 200 Å². The summed E-state index contributed by atoms with van der Waals surface area (Å²) in [5.41, 5.74) is 24.8. The van der Waals surface area contributed by atoms with E-state index in [0.29, 0.717) is 35.5 Å². The van der Waals surface area contributed by atoms with Gasteiger partial charge in [-0.3, -0.25) is 0 Å². The third-order valence-electron chi connectivity index (χ3n) is 16.6. The largest absolute Gasteiger partial charge is 0.310 e. The molecule has 4 heteroatoms. The fourth-order valence-corrected chi connectivity index (χ4v) is 15.3. The topological polar surface area (TPSA) is 3.24 Å². The first-order valence-corrected chi connectivity index (χ1v) is 30.2. The van der Waals surface area contributed by atoms with E-state index in [1.807, 2.05) is 0 Å². The molecular formula is C73H78B2NSi. The molecule has 1 heterocycles. The van der Waals surface area contributed by atoms with Crippen LogP contribution >= 0.6 is 0 Å². The van der Waals surface area contributed by atoms with Crippen LogP contribution in [0, 0.1) is 6.92 Å². The second kappa shape index (κ2) is 22.6. The van der Waals surface area contributed by atoms with E-state index in [9.17, 15) is 0 Å². The lowest BCUT2D eigenvalue weighted by molar-refractivity contribution is 0.812. The Morgan fingerprint density at radius 1 is 0.338 bits per heavy atom. The molecule has 77 heavy (non-hydrogen) atoms. The van der Waals surface area contributed by atoms with Crippen LogP contribution in [0.25, 0.3) is 11.1 Å². The molecule has 0 aromatic heterocycles. The number of anilines is 3. The van der Waals surface area contributed by atoms with Gasteiger partial charge in [-0.2, -0.15) is 0 Å². The zero-order chi connectivity index (χ0) is 54.2. The third kappa shape index (κ3) is 10.4. The van der Waals surface area contributed by atoms with Gasteiger partial charge in [0.15, 0.2) is 8.80 Å². The molecule has 1 nitrogen and oxygen atoms in total. The highest BCUT2D eigenvalue weighted by Crippen LogP contribution is 2.37. The van der Waals surface area contributed by atoms with E-state index in [4.69, 9.17) is 0 Å². The Bertz CT molecular complexity index is 3420. The Morgan fingerprint density at radius 3 is 1.18 bits per heavy atom. The lowest BCUT2D eigenvalue weighted by Gasteiger charge is -2.37. The Morgan fingerprint density at radius 2 is 0.727 bits per heavy atom. The SMILES string of the molecule is Cc1ccccc1N(c1ccc(-c2ccc3c(c2)B(c2c(C(C)C)cc(C(C)C)cc2C(C)C)c2ccccc2B3c2c(C(C)C)cc(C(C)C)cc2C(C)C)cc1)c1ccccc1[Si](c1ccccc1)c1ccccc1. The molecule has 0 N–H and O–H groups in total. The van der Waals surface area contributed by atoms with Crippen LogP contribution < -0.4 is 53.2 Å². The Labute approximate surface area is 465 Å². The number of hydrogen-bond donors (Lipinski definition) is 0. The number of hydrogen-bond acceptors (Lipinski definition) is 1. The summed E-state index contributed by atoms with van der Waals surface area (Å²) in [6, 6.07) is 77.2. The highest BCUT2D eigenvalue weighted by atomic mass is 28.3. The summed E-state index contributed by atoms with van der Waals surface area (Å²) in [5.74, 6) is 2.33. The van der Waals surface area contributed by atoms with Crippen molar-refractivity contribution in [1.29, 1.82) is 0 Å². The van der Waals surface area contributed by atoms with Gasteiger partial charge in [0.25, 0.3) is 0 Å². The summed E-state index contributed by atoms with van der Waals surface area (Å²) in [6.45, 7) is 31.1. The highest BCUT2D eigenvalue weighted by molar-refractivity contribution is 7.11. The number of benzene rings is 9. The Balaban J connectivity index is 1.20. The van der Waals surface area contributed by atoms with Crippen molar-refractivity contribution in [3.63, 3.8) is 0 Å². The summed E-state index contributed by atoms with van der Waals surface area (Å²) in [4.78, 5) is 2.51. The highest BCUT2D eigenvalue weighted by Gasteiger charge is 2.43. The molecule has 0 bridgehead atoms.